The molecule has 126 valence electrons. The van der Waals surface area contributed by atoms with Crippen molar-refractivity contribution in [2.24, 2.45) is 0 Å². The van der Waals surface area contributed by atoms with E-state index in [-0.39, 0.29) is 6.29 Å². The van der Waals surface area contributed by atoms with Crippen LogP contribution in [0.25, 0.3) is 22.2 Å². The third-order valence-corrected chi connectivity index (χ3v) is 4.41. The smallest absolute Gasteiger partial charge is 0.199 e. The van der Waals surface area contributed by atoms with E-state index in [1.54, 1.807) is 0 Å². The number of ether oxygens (including phenoxy) is 2. The van der Waals surface area contributed by atoms with E-state index >= 15 is 0 Å². The first kappa shape index (κ1) is 15.8. The van der Waals surface area contributed by atoms with Gasteiger partial charge in [0.15, 0.2) is 12.6 Å². The van der Waals surface area contributed by atoms with Gasteiger partial charge in [-0.1, -0.05) is 18.2 Å². The second kappa shape index (κ2) is 7.03. The van der Waals surface area contributed by atoms with Gasteiger partial charge in [-0.25, -0.2) is 4.98 Å². The average molecular weight is 333 g/mol. The van der Waals surface area contributed by atoms with E-state index < -0.39 is 0 Å². The zero-order chi connectivity index (χ0) is 17.1. The van der Waals surface area contributed by atoms with E-state index in [4.69, 9.17) is 9.47 Å². The van der Waals surface area contributed by atoms with E-state index in [0.29, 0.717) is 11.3 Å². The van der Waals surface area contributed by atoms with Gasteiger partial charge in [-0.2, -0.15) is 0 Å². The highest BCUT2D eigenvalue weighted by Crippen LogP contribution is 2.27. The van der Waals surface area contributed by atoms with Gasteiger partial charge in [0.25, 0.3) is 0 Å². The van der Waals surface area contributed by atoms with Crippen LogP contribution in [-0.2, 0) is 4.74 Å². The molecule has 1 aliphatic heterocycles. The van der Waals surface area contributed by atoms with Gasteiger partial charge in [0.1, 0.15) is 5.75 Å². The molecule has 4 rings (SSSR count). The summed E-state index contributed by atoms with van der Waals surface area (Å²) in [5.74, 6) is 0.768. The van der Waals surface area contributed by atoms with Gasteiger partial charge in [0, 0.05) is 22.9 Å². The molecule has 0 N–H and O–H groups in total. The van der Waals surface area contributed by atoms with Crippen molar-refractivity contribution in [3.05, 3.63) is 60.2 Å². The van der Waals surface area contributed by atoms with Gasteiger partial charge < -0.3 is 9.47 Å². The van der Waals surface area contributed by atoms with Crippen molar-refractivity contribution in [3.8, 4) is 17.0 Å². The van der Waals surface area contributed by atoms with Gasteiger partial charge in [-0.3, -0.25) is 4.79 Å². The third-order valence-electron chi connectivity index (χ3n) is 4.41. The molecule has 2 heterocycles. The Morgan fingerprint density at radius 2 is 1.92 bits per heavy atom. The monoisotopic (exact) mass is 333 g/mol. The van der Waals surface area contributed by atoms with E-state index in [9.17, 15) is 4.79 Å². The number of aldehydes is 1. The molecular weight excluding hydrogens is 314 g/mol. The summed E-state index contributed by atoms with van der Waals surface area (Å²) in [6, 6.07) is 17.3. The van der Waals surface area contributed by atoms with Gasteiger partial charge in [0.2, 0.25) is 0 Å². The van der Waals surface area contributed by atoms with Gasteiger partial charge in [-0.15, -0.1) is 0 Å². The molecule has 2 aromatic carbocycles. The summed E-state index contributed by atoms with van der Waals surface area (Å²) < 4.78 is 11.5. The second-order valence-corrected chi connectivity index (χ2v) is 6.18. The quantitative estimate of drug-likeness (QED) is 0.654. The van der Waals surface area contributed by atoms with Crippen molar-refractivity contribution in [3.63, 3.8) is 0 Å². The largest absolute Gasteiger partial charge is 0.465 e. The SMILES string of the molecule is O=Cc1cc2ccccc2nc1-c1ccc(OC2CCCCO2)cc1. The summed E-state index contributed by atoms with van der Waals surface area (Å²) in [5.41, 5.74) is 3.04. The van der Waals surface area contributed by atoms with Crippen LogP contribution >= 0.6 is 0 Å². The molecule has 1 aromatic heterocycles. The van der Waals surface area contributed by atoms with Crippen molar-refractivity contribution in [1.82, 2.24) is 4.98 Å². The fraction of sp³-hybridized carbons (Fsp3) is 0.238. The lowest BCUT2D eigenvalue weighted by Gasteiger charge is -2.23. The lowest BCUT2D eigenvalue weighted by molar-refractivity contribution is -0.105. The number of fused-ring (bicyclic) bond motifs is 1. The van der Waals surface area contributed by atoms with Gasteiger partial charge in [0.05, 0.1) is 17.8 Å². The van der Waals surface area contributed by atoms with Crippen LogP contribution in [0.5, 0.6) is 5.75 Å². The minimum atomic E-state index is -0.163. The van der Waals surface area contributed by atoms with Crippen LogP contribution in [0.2, 0.25) is 0 Å². The first-order valence-electron chi connectivity index (χ1n) is 8.57. The number of carbonyl (C=O) groups excluding carboxylic acids is 1. The van der Waals surface area contributed by atoms with Crippen LogP contribution < -0.4 is 4.74 Å². The fourth-order valence-corrected chi connectivity index (χ4v) is 3.10. The summed E-state index contributed by atoms with van der Waals surface area (Å²) >= 11 is 0. The summed E-state index contributed by atoms with van der Waals surface area (Å²) in [7, 11) is 0. The molecule has 3 aromatic rings. The maximum Gasteiger partial charge on any atom is 0.199 e. The Bertz CT molecular complexity index is 883. The molecule has 25 heavy (non-hydrogen) atoms. The first-order valence-corrected chi connectivity index (χ1v) is 8.57. The summed E-state index contributed by atoms with van der Waals surface area (Å²) in [6.07, 6.45) is 3.84. The molecule has 0 bridgehead atoms. The molecule has 0 spiro atoms. The standard InChI is InChI=1S/C21H19NO3/c23-14-17-13-16-5-1-2-6-19(16)22-21(17)15-8-10-18(11-9-15)25-20-7-3-4-12-24-20/h1-2,5-6,8-11,13-14,20H,3-4,7,12H2. The number of carbonyl (C=O) groups is 1. The lowest BCUT2D eigenvalue weighted by Crippen LogP contribution is -2.24. The van der Waals surface area contributed by atoms with Crippen molar-refractivity contribution < 1.29 is 14.3 Å². The number of nitrogens with zero attached hydrogens (tertiary/aromatic N) is 1. The number of pyridine rings is 1. The van der Waals surface area contributed by atoms with Crippen LogP contribution in [0, 0.1) is 0 Å². The van der Waals surface area contributed by atoms with Crippen molar-refractivity contribution in [2.45, 2.75) is 25.6 Å². The molecule has 4 nitrogen and oxygen atoms in total. The molecule has 0 amide bonds. The van der Waals surface area contributed by atoms with Gasteiger partial charge in [-0.05, 0) is 49.2 Å². The van der Waals surface area contributed by atoms with E-state index in [1.165, 1.54) is 0 Å². The Morgan fingerprint density at radius 1 is 1.08 bits per heavy atom. The van der Waals surface area contributed by atoms with Crippen molar-refractivity contribution in [2.75, 3.05) is 6.61 Å². The Kier molecular flexibility index (Phi) is 4.44. The highest BCUT2D eigenvalue weighted by atomic mass is 16.7. The van der Waals surface area contributed by atoms with Crippen LogP contribution in [-0.4, -0.2) is 24.2 Å². The molecule has 1 fully saturated rings. The van der Waals surface area contributed by atoms with Crippen LogP contribution in [0.4, 0.5) is 0 Å². The van der Waals surface area contributed by atoms with Gasteiger partial charge >= 0.3 is 0 Å². The Balaban J connectivity index is 1.63. The minimum Gasteiger partial charge on any atom is -0.465 e. The zero-order valence-electron chi connectivity index (χ0n) is 13.9. The third kappa shape index (κ3) is 3.39. The number of rotatable bonds is 4. The molecule has 4 heteroatoms. The Labute approximate surface area is 146 Å². The highest BCUT2D eigenvalue weighted by molar-refractivity contribution is 5.93. The maximum absolute atomic E-state index is 11.5. The molecule has 1 atom stereocenters. The predicted molar refractivity (Wildman–Crippen MR) is 96.8 cm³/mol. The zero-order valence-corrected chi connectivity index (χ0v) is 13.9. The summed E-state index contributed by atoms with van der Waals surface area (Å²) in [4.78, 5) is 16.2. The lowest BCUT2D eigenvalue weighted by atomic mass is 10.0. The summed E-state index contributed by atoms with van der Waals surface area (Å²) in [6.45, 7) is 0.756. The molecule has 1 unspecified atom stereocenters. The Hall–Kier alpha value is -2.72. The topological polar surface area (TPSA) is 48.4 Å². The number of para-hydroxylation sites is 1. The van der Waals surface area contributed by atoms with Crippen molar-refractivity contribution in [1.29, 1.82) is 0 Å². The average Bonchev–Trinajstić information content (AvgIpc) is 2.68. The summed E-state index contributed by atoms with van der Waals surface area (Å²) in [5, 5.41) is 0.961. The number of hydrogen-bond donors (Lipinski definition) is 0. The molecule has 0 saturated carbocycles. The number of benzene rings is 2. The van der Waals surface area contributed by atoms with Crippen LogP contribution in [0.3, 0.4) is 0 Å². The van der Waals surface area contributed by atoms with Crippen LogP contribution in [0.1, 0.15) is 29.6 Å². The highest BCUT2D eigenvalue weighted by Gasteiger charge is 2.15. The van der Waals surface area contributed by atoms with E-state index in [0.717, 1.165) is 54.4 Å². The normalized spacial score (nSPS) is 17.4. The van der Waals surface area contributed by atoms with Crippen molar-refractivity contribution >= 4 is 17.2 Å². The van der Waals surface area contributed by atoms with Crippen LogP contribution in [0.15, 0.2) is 54.6 Å². The minimum absolute atomic E-state index is 0.163. The molecule has 1 saturated heterocycles. The predicted octanol–water partition coefficient (Wildman–Crippen LogP) is 4.62. The molecular formula is C21H19NO3. The van der Waals surface area contributed by atoms with E-state index in [1.807, 2.05) is 54.6 Å². The fourth-order valence-electron chi connectivity index (χ4n) is 3.10. The van der Waals surface area contributed by atoms with E-state index in [2.05, 4.69) is 4.98 Å². The molecule has 0 radical (unpaired) electrons. The Morgan fingerprint density at radius 3 is 2.68 bits per heavy atom. The first-order chi connectivity index (χ1) is 12.3. The number of aromatic nitrogens is 1. The second-order valence-electron chi connectivity index (χ2n) is 6.18. The molecule has 0 aliphatic carbocycles. The maximum atomic E-state index is 11.5. The molecule has 1 aliphatic rings. The number of hydrogen-bond acceptors (Lipinski definition) is 4.